The van der Waals surface area contributed by atoms with Gasteiger partial charge in [-0.05, 0) is 87.3 Å². The summed E-state index contributed by atoms with van der Waals surface area (Å²) in [6.45, 7) is 2.61. The predicted octanol–water partition coefficient (Wildman–Crippen LogP) is 6.04. The van der Waals surface area contributed by atoms with Gasteiger partial charge in [-0.15, -0.1) is 3.89 Å². The zero-order valence-corrected chi connectivity index (χ0v) is 24.6. The molecular weight excluding hydrogens is 588 g/mol. The van der Waals surface area contributed by atoms with E-state index in [1.54, 1.807) is 36.4 Å². The highest BCUT2D eigenvalue weighted by molar-refractivity contribution is 7.91. The highest BCUT2D eigenvalue weighted by atomic mass is 35.5. The van der Waals surface area contributed by atoms with E-state index < -0.39 is 43.0 Å². The Labute approximate surface area is 248 Å². The molecule has 2 unspecified atom stereocenters. The van der Waals surface area contributed by atoms with Crippen molar-refractivity contribution < 1.29 is 22.4 Å². The number of halogens is 3. The predicted molar refractivity (Wildman–Crippen MR) is 157 cm³/mol. The van der Waals surface area contributed by atoms with Crippen molar-refractivity contribution in [2.75, 3.05) is 18.4 Å². The fourth-order valence-electron chi connectivity index (χ4n) is 7.00. The third-order valence-electron chi connectivity index (χ3n) is 8.83. The van der Waals surface area contributed by atoms with Crippen molar-refractivity contribution in [2.45, 2.75) is 49.0 Å². The van der Waals surface area contributed by atoms with Crippen LogP contribution in [-0.2, 0) is 20.2 Å². The summed E-state index contributed by atoms with van der Waals surface area (Å²) >= 11 is 12.4. The van der Waals surface area contributed by atoms with Crippen molar-refractivity contribution in [3.05, 3.63) is 87.7 Å². The number of amides is 2. The van der Waals surface area contributed by atoms with Crippen LogP contribution < -0.4 is 14.5 Å². The Balaban J connectivity index is 1.56. The smallest absolute Gasteiger partial charge is 0.321 e. The minimum absolute atomic E-state index is 0.00201. The van der Waals surface area contributed by atoms with Crippen LogP contribution in [0.4, 0.5) is 15.8 Å². The summed E-state index contributed by atoms with van der Waals surface area (Å²) in [6.07, 6.45) is 2.83. The number of sulfonamides is 1. The summed E-state index contributed by atoms with van der Waals surface area (Å²) < 4.78 is 42.3. The Bertz CT molecular complexity index is 1670. The largest absolute Gasteiger partial charge is 0.339 e. The van der Waals surface area contributed by atoms with Crippen LogP contribution in [0.5, 0.6) is 0 Å². The summed E-state index contributed by atoms with van der Waals surface area (Å²) in [5.74, 6) is -1.52. The van der Waals surface area contributed by atoms with Gasteiger partial charge in [-0.25, -0.2) is 9.18 Å². The molecule has 3 aromatic rings. The molecule has 2 atom stereocenters. The number of nitrogens with zero attached hydrogens (tertiary/aromatic N) is 1. The number of benzene rings is 3. The van der Waals surface area contributed by atoms with E-state index in [1.165, 1.54) is 19.1 Å². The highest BCUT2D eigenvalue weighted by Gasteiger charge is 2.73. The van der Waals surface area contributed by atoms with Gasteiger partial charge in [0.2, 0.25) is 0 Å². The molecular formula is C30H29Cl2FN3O4S+. The molecule has 2 fully saturated rings. The first-order valence-corrected chi connectivity index (χ1v) is 15.8. The van der Waals surface area contributed by atoms with Crippen molar-refractivity contribution >= 4 is 56.4 Å². The summed E-state index contributed by atoms with van der Waals surface area (Å²) in [6, 6.07) is 13.9. The normalized spacial score (nSPS) is 23.3. The topological polar surface area (TPSA) is 92.3 Å². The molecule has 11 heteroatoms. The molecule has 1 aliphatic carbocycles. The van der Waals surface area contributed by atoms with Crippen molar-refractivity contribution in [1.82, 2.24) is 9.21 Å². The Morgan fingerprint density at radius 2 is 1.71 bits per heavy atom. The quantitative estimate of drug-likeness (QED) is 0.341. The lowest BCUT2D eigenvalue weighted by atomic mass is 9.68. The minimum Gasteiger partial charge on any atom is -0.321 e. The van der Waals surface area contributed by atoms with Crippen LogP contribution in [0, 0.1) is 11.7 Å². The average molecular weight is 618 g/mol. The van der Waals surface area contributed by atoms with Gasteiger partial charge in [0, 0.05) is 23.1 Å². The fourth-order valence-corrected chi connectivity index (χ4v) is 9.59. The van der Waals surface area contributed by atoms with Gasteiger partial charge in [-0.1, -0.05) is 29.3 Å². The monoisotopic (exact) mass is 616 g/mol. The number of hydrogen-bond acceptors (Lipinski definition) is 5. The second kappa shape index (κ2) is 10.2. The fraction of sp³-hybridized carbons (Fsp3) is 0.333. The van der Waals surface area contributed by atoms with Gasteiger partial charge in [0.25, 0.3) is 5.91 Å². The van der Waals surface area contributed by atoms with Gasteiger partial charge in [-0.3, -0.25) is 4.79 Å². The van der Waals surface area contributed by atoms with Crippen LogP contribution in [0.3, 0.4) is 0 Å². The molecule has 214 valence electrons. The molecule has 0 bridgehead atoms. The number of quaternary nitrogens is 1. The molecule has 6 rings (SSSR count). The molecule has 1 saturated carbocycles. The maximum absolute atomic E-state index is 14.7. The molecule has 2 aliphatic heterocycles. The average Bonchev–Trinajstić information content (AvgIpc) is 3.75. The standard InChI is InChI=1S/C30H28Cl2FN3O4S/c1-18(37)36(41(39,40)22-10-8-21(33)9-11-22)26-12-7-20(29(38)35-25-4-2-3-24(31)27(25)32)17-23(26)30(13-15-34-16-14-30)28(36)19-5-6-19/h2-4,7-12,17,19,28,34H,5-6,13-16H2,1H3/p+1. The Morgan fingerprint density at radius 1 is 1.02 bits per heavy atom. The molecule has 0 aromatic heterocycles. The molecule has 2 heterocycles. The molecule has 2 amide bonds. The Kier molecular flexibility index (Phi) is 7.02. The number of piperidine rings is 1. The van der Waals surface area contributed by atoms with Gasteiger partial charge < -0.3 is 10.6 Å². The van der Waals surface area contributed by atoms with Crippen molar-refractivity contribution in [3.63, 3.8) is 0 Å². The zero-order valence-electron chi connectivity index (χ0n) is 22.3. The van der Waals surface area contributed by atoms with E-state index in [2.05, 4.69) is 10.6 Å². The molecule has 1 saturated heterocycles. The number of fused-ring (bicyclic) bond motifs is 2. The van der Waals surface area contributed by atoms with Gasteiger partial charge in [0.1, 0.15) is 16.8 Å². The number of carbonyl (C=O) groups excluding carboxylic acids is 2. The van der Waals surface area contributed by atoms with Gasteiger partial charge in [-0.2, -0.15) is 8.42 Å². The highest BCUT2D eigenvalue weighted by Crippen LogP contribution is 2.62. The Morgan fingerprint density at radius 3 is 2.34 bits per heavy atom. The van der Waals surface area contributed by atoms with E-state index in [9.17, 15) is 22.4 Å². The van der Waals surface area contributed by atoms with Crippen LogP contribution in [0.1, 0.15) is 48.5 Å². The summed E-state index contributed by atoms with van der Waals surface area (Å²) in [4.78, 5) is 27.3. The molecule has 3 aliphatic rings. The first-order valence-electron chi connectivity index (χ1n) is 13.6. The molecule has 0 radical (unpaired) electrons. The first-order chi connectivity index (χ1) is 19.5. The zero-order chi connectivity index (χ0) is 29.2. The van der Waals surface area contributed by atoms with Crippen LogP contribution in [0.2, 0.25) is 10.0 Å². The number of carbonyl (C=O) groups is 2. The van der Waals surface area contributed by atoms with Crippen molar-refractivity contribution in [2.24, 2.45) is 5.92 Å². The van der Waals surface area contributed by atoms with Crippen LogP contribution in [-0.4, -0.2) is 39.4 Å². The molecule has 3 aromatic carbocycles. The van der Waals surface area contributed by atoms with E-state index in [4.69, 9.17) is 23.2 Å². The lowest BCUT2D eigenvalue weighted by Crippen LogP contribution is -2.67. The van der Waals surface area contributed by atoms with E-state index in [-0.39, 0.29) is 15.8 Å². The lowest BCUT2D eigenvalue weighted by Gasteiger charge is -2.43. The maximum atomic E-state index is 14.7. The van der Waals surface area contributed by atoms with E-state index >= 15 is 0 Å². The SMILES string of the molecule is CC(=O)[N+]1(S(=O)(=O)c2ccc(F)cc2)c2ccc(C(=O)Nc3cccc(Cl)c3Cl)cc2C2(CCNCC2)C1C1CC1. The van der Waals surface area contributed by atoms with Crippen LogP contribution >= 0.6 is 23.2 Å². The second-order valence-corrected chi connectivity index (χ2v) is 13.9. The van der Waals surface area contributed by atoms with Gasteiger partial charge >= 0.3 is 15.9 Å². The Hall–Kier alpha value is -2.82. The van der Waals surface area contributed by atoms with E-state index in [0.29, 0.717) is 53.5 Å². The third kappa shape index (κ3) is 4.24. The van der Waals surface area contributed by atoms with Crippen LogP contribution in [0.25, 0.3) is 0 Å². The van der Waals surface area contributed by atoms with Crippen molar-refractivity contribution in [1.29, 1.82) is 0 Å². The van der Waals surface area contributed by atoms with Gasteiger partial charge in [0.05, 0.1) is 28.1 Å². The molecule has 41 heavy (non-hydrogen) atoms. The van der Waals surface area contributed by atoms with Crippen LogP contribution in [0.15, 0.2) is 65.6 Å². The molecule has 2 N–H and O–H groups in total. The summed E-state index contributed by atoms with van der Waals surface area (Å²) in [5.41, 5.74) is 1.06. The maximum Gasteiger partial charge on any atom is 0.339 e. The number of hydrogen-bond donors (Lipinski definition) is 2. The van der Waals surface area contributed by atoms with E-state index in [1.807, 2.05) is 0 Å². The van der Waals surface area contributed by atoms with Crippen molar-refractivity contribution in [3.8, 4) is 0 Å². The second-order valence-electron chi connectivity index (χ2n) is 11.1. The van der Waals surface area contributed by atoms with E-state index in [0.717, 1.165) is 25.0 Å². The molecule has 1 spiro atoms. The summed E-state index contributed by atoms with van der Waals surface area (Å²) in [7, 11) is -4.38. The number of rotatable bonds is 5. The first kappa shape index (κ1) is 28.3. The lowest BCUT2D eigenvalue weighted by molar-refractivity contribution is -0.126. The third-order valence-corrected chi connectivity index (χ3v) is 12.0. The van der Waals surface area contributed by atoms with Gasteiger partial charge in [0.15, 0.2) is 5.69 Å². The summed E-state index contributed by atoms with van der Waals surface area (Å²) in [5, 5.41) is 6.69. The minimum atomic E-state index is -4.38. The molecule has 7 nitrogen and oxygen atoms in total. The number of anilines is 1. The number of nitrogens with one attached hydrogen (secondary N) is 2.